The summed E-state index contributed by atoms with van der Waals surface area (Å²) in [5, 5.41) is 1.55. The maximum Gasteiger partial charge on any atom is 0.145 e. The van der Waals surface area contributed by atoms with E-state index in [4.69, 9.17) is 22.1 Å². The molecule has 0 saturated heterocycles. The van der Waals surface area contributed by atoms with Crippen LogP contribution in [0.25, 0.3) is 10.9 Å². The van der Waals surface area contributed by atoms with Crippen molar-refractivity contribution in [3.63, 3.8) is 0 Å². The molecule has 1 heterocycles. The summed E-state index contributed by atoms with van der Waals surface area (Å²) in [5.74, 6) is 0.720. The monoisotopic (exact) mass is 236 g/mol. The van der Waals surface area contributed by atoms with E-state index in [1.165, 1.54) is 0 Å². The van der Waals surface area contributed by atoms with E-state index in [0.717, 1.165) is 27.9 Å². The predicted octanol–water partition coefficient (Wildman–Crippen LogP) is 2.66. The fraction of sp³-hybridized carbons (Fsp3) is 0.250. The van der Waals surface area contributed by atoms with Gasteiger partial charge in [-0.15, -0.1) is 0 Å². The third-order valence-corrected chi connectivity index (χ3v) is 2.83. The Labute approximate surface area is 99.2 Å². The molecule has 0 aliphatic heterocycles. The van der Waals surface area contributed by atoms with Crippen LogP contribution in [0.5, 0.6) is 5.75 Å². The van der Waals surface area contributed by atoms with E-state index in [2.05, 4.69) is 4.98 Å². The van der Waals surface area contributed by atoms with Gasteiger partial charge in [0.15, 0.2) is 0 Å². The van der Waals surface area contributed by atoms with Crippen molar-refractivity contribution in [1.82, 2.24) is 4.98 Å². The van der Waals surface area contributed by atoms with Crippen molar-refractivity contribution in [3.05, 3.63) is 34.5 Å². The molecule has 0 amide bonds. The molecular weight excluding hydrogens is 224 g/mol. The highest BCUT2D eigenvalue weighted by Gasteiger charge is 2.11. The topological polar surface area (TPSA) is 48.1 Å². The molecule has 2 aromatic rings. The number of aromatic nitrogens is 1. The standard InChI is InChI=1S/C12H13ClN2O/c1-7-5-9(13)11-8(6-14)3-4-10(16-2)12(11)15-7/h3-5H,6,14H2,1-2H3. The number of halogens is 1. The van der Waals surface area contributed by atoms with Crippen LogP contribution in [0, 0.1) is 6.92 Å². The van der Waals surface area contributed by atoms with Crippen LogP contribution < -0.4 is 10.5 Å². The summed E-state index contributed by atoms with van der Waals surface area (Å²) < 4.78 is 5.27. The van der Waals surface area contributed by atoms with Crippen LogP contribution in [-0.2, 0) is 6.54 Å². The molecule has 84 valence electrons. The number of aryl methyl sites for hydroxylation is 1. The quantitative estimate of drug-likeness (QED) is 0.872. The number of nitrogens with zero attached hydrogens (tertiary/aromatic N) is 1. The normalized spacial score (nSPS) is 10.8. The van der Waals surface area contributed by atoms with Crippen LogP contribution >= 0.6 is 11.6 Å². The van der Waals surface area contributed by atoms with Gasteiger partial charge in [0, 0.05) is 17.6 Å². The van der Waals surface area contributed by atoms with Crippen LogP contribution in [0.4, 0.5) is 0 Å². The van der Waals surface area contributed by atoms with Crippen LogP contribution in [0.3, 0.4) is 0 Å². The number of fused-ring (bicyclic) bond motifs is 1. The smallest absolute Gasteiger partial charge is 0.145 e. The van der Waals surface area contributed by atoms with Crippen molar-refractivity contribution in [2.75, 3.05) is 7.11 Å². The summed E-state index contributed by atoms with van der Waals surface area (Å²) in [6, 6.07) is 5.62. The average molecular weight is 237 g/mol. The number of benzene rings is 1. The summed E-state index contributed by atoms with van der Waals surface area (Å²) in [5.41, 5.74) is 8.31. The number of rotatable bonds is 2. The van der Waals surface area contributed by atoms with Gasteiger partial charge in [-0.2, -0.15) is 0 Å². The Balaban J connectivity index is 2.90. The fourth-order valence-corrected chi connectivity index (χ4v) is 2.16. The zero-order valence-corrected chi connectivity index (χ0v) is 10.0. The zero-order valence-electron chi connectivity index (χ0n) is 9.25. The lowest BCUT2D eigenvalue weighted by atomic mass is 10.1. The van der Waals surface area contributed by atoms with E-state index in [9.17, 15) is 0 Å². The van der Waals surface area contributed by atoms with Crippen molar-refractivity contribution in [3.8, 4) is 5.75 Å². The van der Waals surface area contributed by atoms with Crippen molar-refractivity contribution in [1.29, 1.82) is 0 Å². The first kappa shape index (κ1) is 11.2. The molecule has 0 saturated carbocycles. The molecular formula is C12H13ClN2O. The van der Waals surface area contributed by atoms with Crippen molar-refractivity contribution in [2.24, 2.45) is 5.73 Å². The van der Waals surface area contributed by atoms with Gasteiger partial charge in [-0.1, -0.05) is 17.7 Å². The Hall–Kier alpha value is -1.32. The van der Waals surface area contributed by atoms with Crippen LogP contribution in [0.15, 0.2) is 18.2 Å². The molecule has 0 fully saturated rings. The Morgan fingerprint density at radius 1 is 1.44 bits per heavy atom. The molecule has 0 radical (unpaired) electrons. The molecule has 0 aliphatic rings. The van der Waals surface area contributed by atoms with E-state index in [0.29, 0.717) is 11.6 Å². The van der Waals surface area contributed by atoms with Crippen LogP contribution in [-0.4, -0.2) is 12.1 Å². The summed E-state index contributed by atoms with van der Waals surface area (Å²) in [7, 11) is 1.62. The van der Waals surface area contributed by atoms with E-state index in [-0.39, 0.29) is 0 Å². The molecule has 0 aliphatic carbocycles. The van der Waals surface area contributed by atoms with E-state index >= 15 is 0 Å². The minimum atomic E-state index is 0.435. The summed E-state index contributed by atoms with van der Waals surface area (Å²) in [4.78, 5) is 4.45. The lowest BCUT2D eigenvalue weighted by Crippen LogP contribution is -2.00. The summed E-state index contributed by atoms with van der Waals surface area (Å²) >= 11 is 6.22. The molecule has 0 unspecified atom stereocenters. The molecule has 0 spiro atoms. The van der Waals surface area contributed by atoms with Gasteiger partial charge >= 0.3 is 0 Å². The van der Waals surface area contributed by atoms with Crippen molar-refractivity contribution >= 4 is 22.5 Å². The minimum absolute atomic E-state index is 0.435. The largest absolute Gasteiger partial charge is 0.494 e. The molecule has 0 bridgehead atoms. The third-order valence-electron chi connectivity index (χ3n) is 2.53. The lowest BCUT2D eigenvalue weighted by molar-refractivity contribution is 0.418. The highest BCUT2D eigenvalue weighted by molar-refractivity contribution is 6.35. The Morgan fingerprint density at radius 3 is 2.81 bits per heavy atom. The molecule has 3 nitrogen and oxygen atoms in total. The molecule has 0 atom stereocenters. The second-order valence-corrected chi connectivity index (χ2v) is 4.01. The van der Waals surface area contributed by atoms with Gasteiger partial charge in [-0.05, 0) is 24.6 Å². The maximum atomic E-state index is 6.22. The molecule has 2 rings (SSSR count). The van der Waals surface area contributed by atoms with Gasteiger partial charge < -0.3 is 10.5 Å². The van der Waals surface area contributed by atoms with Crippen molar-refractivity contribution in [2.45, 2.75) is 13.5 Å². The Kier molecular flexibility index (Phi) is 2.99. The first-order chi connectivity index (χ1) is 7.67. The van der Waals surface area contributed by atoms with Gasteiger partial charge in [0.1, 0.15) is 11.3 Å². The average Bonchev–Trinajstić information content (AvgIpc) is 2.27. The molecule has 16 heavy (non-hydrogen) atoms. The zero-order chi connectivity index (χ0) is 11.7. The number of nitrogens with two attached hydrogens (primary N) is 1. The van der Waals surface area contributed by atoms with Gasteiger partial charge in [0.25, 0.3) is 0 Å². The van der Waals surface area contributed by atoms with Gasteiger partial charge in [-0.3, -0.25) is 0 Å². The minimum Gasteiger partial charge on any atom is -0.494 e. The number of pyridine rings is 1. The van der Waals surface area contributed by atoms with Gasteiger partial charge in [-0.25, -0.2) is 4.98 Å². The van der Waals surface area contributed by atoms with E-state index in [1.54, 1.807) is 7.11 Å². The number of methoxy groups -OCH3 is 1. The molecule has 2 N–H and O–H groups in total. The van der Waals surface area contributed by atoms with Crippen LogP contribution in [0.1, 0.15) is 11.3 Å². The SMILES string of the molecule is COc1ccc(CN)c2c(Cl)cc(C)nc12. The molecule has 1 aromatic carbocycles. The fourth-order valence-electron chi connectivity index (χ4n) is 1.79. The molecule has 4 heteroatoms. The first-order valence-corrected chi connectivity index (χ1v) is 5.38. The molecule has 1 aromatic heterocycles. The first-order valence-electron chi connectivity index (χ1n) is 5.00. The number of hydrogen-bond acceptors (Lipinski definition) is 3. The van der Waals surface area contributed by atoms with E-state index < -0.39 is 0 Å². The second-order valence-electron chi connectivity index (χ2n) is 3.60. The highest BCUT2D eigenvalue weighted by atomic mass is 35.5. The maximum absolute atomic E-state index is 6.22. The van der Waals surface area contributed by atoms with E-state index in [1.807, 2.05) is 25.1 Å². The number of hydrogen-bond donors (Lipinski definition) is 1. The Morgan fingerprint density at radius 2 is 2.19 bits per heavy atom. The van der Waals surface area contributed by atoms with Gasteiger partial charge in [0.05, 0.1) is 12.1 Å². The predicted molar refractivity (Wildman–Crippen MR) is 65.9 cm³/mol. The number of ether oxygens (including phenoxy) is 1. The highest BCUT2D eigenvalue weighted by Crippen LogP contribution is 2.32. The third kappa shape index (κ3) is 1.72. The van der Waals surface area contributed by atoms with Crippen LogP contribution in [0.2, 0.25) is 5.02 Å². The van der Waals surface area contributed by atoms with Gasteiger partial charge in [0.2, 0.25) is 0 Å². The summed E-state index contributed by atoms with van der Waals surface area (Å²) in [6.45, 7) is 2.34. The lowest BCUT2D eigenvalue weighted by Gasteiger charge is -2.10. The van der Waals surface area contributed by atoms with Crippen molar-refractivity contribution < 1.29 is 4.74 Å². The second kappa shape index (κ2) is 4.28. The summed E-state index contributed by atoms with van der Waals surface area (Å²) in [6.07, 6.45) is 0. The Bertz CT molecular complexity index is 540.